The van der Waals surface area contributed by atoms with Crippen LogP contribution in [-0.2, 0) is 9.53 Å². The van der Waals surface area contributed by atoms with Crippen LogP contribution in [0.1, 0.15) is 5.56 Å². The number of nitrogens with one attached hydrogen (secondary N) is 1. The molecule has 0 spiro atoms. The van der Waals surface area contributed by atoms with Crippen molar-refractivity contribution in [3.05, 3.63) is 29.8 Å². The molecule has 0 heterocycles. The number of carbonyl (C=O) groups excluding carboxylic acids is 2. The van der Waals surface area contributed by atoms with Crippen LogP contribution in [0.15, 0.2) is 29.4 Å². The van der Waals surface area contributed by atoms with Gasteiger partial charge in [0.25, 0.3) is 0 Å². The number of rotatable bonds is 5. The summed E-state index contributed by atoms with van der Waals surface area (Å²) in [6.45, 7) is -0.560. The standard InChI is InChI=1S/C11H12N2O5/c1-17-11(16)13-12-6-8-4-2-3-5-9(8)18-7-10(14)15/h2-6H,7H2,1H3,(H,13,16)(H,14,15)/p-1/b12-6-. The maximum absolute atomic E-state index is 10.7. The number of amides is 1. The quantitative estimate of drug-likeness (QED) is 0.562. The van der Waals surface area contributed by atoms with Gasteiger partial charge >= 0.3 is 6.09 Å². The summed E-state index contributed by atoms with van der Waals surface area (Å²) < 4.78 is 9.30. The molecule has 0 aliphatic rings. The second kappa shape index (κ2) is 6.89. The summed E-state index contributed by atoms with van der Waals surface area (Å²) in [6.07, 6.45) is 0.598. The van der Waals surface area contributed by atoms with E-state index in [0.717, 1.165) is 0 Å². The molecule has 96 valence electrons. The van der Waals surface area contributed by atoms with E-state index < -0.39 is 18.7 Å². The number of carbonyl (C=O) groups is 2. The number of para-hydroxylation sites is 1. The van der Waals surface area contributed by atoms with Crippen LogP contribution < -0.4 is 15.3 Å². The molecule has 0 aromatic heterocycles. The number of carboxylic acid groups (broad SMARTS) is 1. The fourth-order valence-corrected chi connectivity index (χ4v) is 1.06. The number of carboxylic acids is 1. The van der Waals surface area contributed by atoms with Gasteiger partial charge in [0.1, 0.15) is 12.4 Å². The Morgan fingerprint density at radius 1 is 1.44 bits per heavy atom. The second-order valence-electron chi connectivity index (χ2n) is 3.06. The average Bonchev–Trinajstić information content (AvgIpc) is 2.37. The highest BCUT2D eigenvalue weighted by atomic mass is 16.5. The minimum atomic E-state index is -1.32. The number of hydrogen-bond donors (Lipinski definition) is 1. The van der Waals surface area contributed by atoms with Gasteiger partial charge in [0, 0.05) is 5.56 Å². The first-order valence-corrected chi connectivity index (χ1v) is 4.92. The van der Waals surface area contributed by atoms with Crippen LogP contribution in [0.5, 0.6) is 5.75 Å². The molecule has 0 fully saturated rings. The maximum Gasteiger partial charge on any atom is 0.427 e. The van der Waals surface area contributed by atoms with Gasteiger partial charge in [-0.05, 0) is 12.1 Å². The number of hydrazone groups is 1. The highest BCUT2D eigenvalue weighted by Gasteiger charge is 2.01. The number of nitrogens with zero attached hydrogens (tertiary/aromatic N) is 1. The molecule has 18 heavy (non-hydrogen) atoms. The summed E-state index contributed by atoms with van der Waals surface area (Å²) in [6, 6.07) is 6.61. The third-order valence-corrected chi connectivity index (χ3v) is 1.81. The van der Waals surface area contributed by atoms with Gasteiger partial charge in [-0.2, -0.15) is 5.10 Å². The van der Waals surface area contributed by atoms with Crippen molar-refractivity contribution >= 4 is 18.3 Å². The lowest BCUT2D eigenvalue weighted by molar-refractivity contribution is -0.307. The fraction of sp³-hybridized carbons (Fsp3) is 0.182. The third-order valence-electron chi connectivity index (χ3n) is 1.81. The molecule has 0 saturated heterocycles. The number of benzene rings is 1. The normalized spacial score (nSPS) is 10.1. The Labute approximate surface area is 103 Å². The molecule has 0 saturated carbocycles. The zero-order valence-corrected chi connectivity index (χ0v) is 9.58. The highest BCUT2D eigenvalue weighted by molar-refractivity contribution is 5.84. The summed E-state index contributed by atoms with van der Waals surface area (Å²) >= 11 is 0. The summed E-state index contributed by atoms with van der Waals surface area (Å²) in [5, 5.41) is 13.9. The zero-order chi connectivity index (χ0) is 13.4. The topological polar surface area (TPSA) is 100 Å². The summed E-state index contributed by atoms with van der Waals surface area (Å²) in [5.41, 5.74) is 2.61. The molecule has 0 aliphatic carbocycles. The first kappa shape index (κ1) is 13.5. The predicted molar refractivity (Wildman–Crippen MR) is 60.1 cm³/mol. The molecule has 7 nitrogen and oxygen atoms in total. The minimum Gasteiger partial charge on any atom is -0.546 e. The molecule has 0 atom stereocenters. The Morgan fingerprint density at radius 3 is 2.83 bits per heavy atom. The minimum absolute atomic E-state index is 0.317. The second-order valence-corrected chi connectivity index (χ2v) is 3.06. The first-order chi connectivity index (χ1) is 8.63. The lowest BCUT2D eigenvalue weighted by Crippen LogP contribution is -2.29. The van der Waals surface area contributed by atoms with E-state index in [-0.39, 0.29) is 0 Å². The SMILES string of the molecule is COC(=O)N/N=C\c1ccccc1OCC(=O)[O-]. The molecule has 0 aliphatic heterocycles. The Bertz CT molecular complexity index is 459. The Kier molecular flexibility index (Phi) is 5.17. The van der Waals surface area contributed by atoms with Crippen molar-refractivity contribution in [1.82, 2.24) is 5.43 Å². The van der Waals surface area contributed by atoms with Crippen LogP contribution in [0, 0.1) is 0 Å². The number of hydrogen-bond acceptors (Lipinski definition) is 6. The summed E-state index contributed by atoms with van der Waals surface area (Å²) in [7, 11) is 1.21. The Morgan fingerprint density at radius 2 is 2.17 bits per heavy atom. The van der Waals surface area contributed by atoms with E-state index in [9.17, 15) is 14.7 Å². The van der Waals surface area contributed by atoms with Crippen LogP contribution in [0.3, 0.4) is 0 Å². The Hall–Kier alpha value is -2.57. The average molecular weight is 251 g/mol. The van der Waals surface area contributed by atoms with Crippen molar-refractivity contribution in [2.24, 2.45) is 5.10 Å². The maximum atomic E-state index is 10.7. The van der Waals surface area contributed by atoms with Crippen molar-refractivity contribution in [3.63, 3.8) is 0 Å². The molecule has 0 radical (unpaired) electrons. The van der Waals surface area contributed by atoms with Gasteiger partial charge in [-0.1, -0.05) is 12.1 Å². The van der Waals surface area contributed by atoms with Gasteiger partial charge in [0.2, 0.25) is 0 Å². The largest absolute Gasteiger partial charge is 0.546 e. The van der Waals surface area contributed by atoms with E-state index in [1.807, 2.05) is 0 Å². The van der Waals surface area contributed by atoms with Crippen LogP contribution in [0.2, 0.25) is 0 Å². The van der Waals surface area contributed by atoms with E-state index in [4.69, 9.17) is 4.74 Å². The van der Waals surface area contributed by atoms with E-state index in [0.29, 0.717) is 11.3 Å². The lowest BCUT2D eigenvalue weighted by Gasteiger charge is -2.08. The first-order valence-electron chi connectivity index (χ1n) is 4.92. The van der Waals surface area contributed by atoms with E-state index in [1.54, 1.807) is 24.3 Å². The van der Waals surface area contributed by atoms with Crippen molar-refractivity contribution in [2.75, 3.05) is 13.7 Å². The molecule has 7 heteroatoms. The van der Waals surface area contributed by atoms with Gasteiger partial charge in [-0.15, -0.1) is 0 Å². The zero-order valence-electron chi connectivity index (χ0n) is 9.58. The van der Waals surface area contributed by atoms with E-state index >= 15 is 0 Å². The van der Waals surface area contributed by atoms with Gasteiger partial charge in [-0.25, -0.2) is 10.2 Å². The molecular formula is C11H11N2O5-. The number of methoxy groups -OCH3 is 1. The van der Waals surface area contributed by atoms with Gasteiger partial charge < -0.3 is 19.4 Å². The van der Waals surface area contributed by atoms with E-state index in [1.165, 1.54) is 13.3 Å². The van der Waals surface area contributed by atoms with Gasteiger partial charge in [0.15, 0.2) is 0 Å². The van der Waals surface area contributed by atoms with Crippen molar-refractivity contribution in [3.8, 4) is 5.75 Å². The molecule has 1 rings (SSSR count). The molecule has 1 aromatic rings. The number of ether oxygens (including phenoxy) is 2. The molecule has 1 aromatic carbocycles. The van der Waals surface area contributed by atoms with E-state index in [2.05, 4.69) is 15.3 Å². The predicted octanol–water partition coefficient (Wildman–Crippen LogP) is -0.495. The van der Waals surface area contributed by atoms with Gasteiger partial charge in [0.05, 0.1) is 19.3 Å². The fourth-order valence-electron chi connectivity index (χ4n) is 1.06. The molecule has 0 unspecified atom stereocenters. The van der Waals surface area contributed by atoms with Crippen molar-refractivity contribution in [2.45, 2.75) is 0 Å². The van der Waals surface area contributed by atoms with Gasteiger partial charge in [-0.3, -0.25) is 0 Å². The van der Waals surface area contributed by atoms with Crippen LogP contribution in [-0.4, -0.2) is 32.0 Å². The Balaban J connectivity index is 2.69. The summed E-state index contributed by atoms with van der Waals surface area (Å²) in [4.78, 5) is 21.0. The van der Waals surface area contributed by atoms with Crippen molar-refractivity contribution < 1.29 is 24.2 Å². The van der Waals surface area contributed by atoms with Crippen molar-refractivity contribution in [1.29, 1.82) is 0 Å². The van der Waals surface area contributed by atoms with Crippen LogP contribution >= 0.6 is 0 Å². The monoisotopic (exact) mass is 251 g/mol. The molecular weight excluding hydrogens is 240 g/mol. The van der Waals surface area contributed by atoms with Crippen LogP contribution in [0.4, 0.5) is 4.79 Å². The molecule has 0 bridgehead atoms. The third kappa shape index (κ3) is 4.52. The molecule has 1 N–H and O–H groups in total. The lowest BCUT2D eigenvalue weighted by atomic mass is 10.2. The number of aliphatic carboxylic acids is 1. The molecule has 1 amide bonds. The summed E-state index contributed by atoms with van der Waals surface area (Å²) in [5.74, 6) is -1.01. The van der Waals surface area contributed by atoms with Crippen LogP contribution in [0.25, 0.3) is 0 Å². The highest BCUT2D eigenvalue weighted by Crippen LogP contribution is 2.15. The smallest absolute Gasteiger partial charge is 0.427 e.